The molecule has 0 spiro atoms. The van der Waals surface area contributed by atoms with Crippen molar-refractivity contribution in [2.24, 2.45) is 11.1 Å². The highest BCUT2D eigenvalue weighted by molar-refractivity contribution is 5.39. The van der Waals surface area contributed by atoms with Crippen LogP contribution in [0.3, 0.4) is 0 Å². The van der Waals surface area contributed by atoms with Crippen molar-refractivity contribution in [3.8, 4) is 5.75 Å². The molecule has 102 valence electrons. The number of hydrogen-bond acceptors (Lipinski definition) is 3. The zero-order valence-corrected chi connectivity index (χ0v) is 12.2. The van der Waals surface area contributed by atoms with Gasteiger partial charge in [0.2, 0.25) is 0 Å². The summed E-state index contributed by atoms with van der Waals surface area (Å²) in [5.41, 5.74) is 8.40. The first-order chi connectivity index (χ1) is 8.43. The standard InChI is InChI=1S/C15H26N2O/c1-11-6-7-14(18-5)12(8-11)13(17-4)9-15(2,3)10-16/h6-8,13,17H,9-10,16H2,1-5H3. The lowest BCUT2D eigenvalue weighted by Gasteiger charge is -2.29. The number of benzene rings is 1. The molecule has 0 aliphatic rings. The molecular formula is C15H26N2O. The fraction of sp³-hybridized carbons (Fsp3) is 0.600. The third-order valence-electron chi connectivity index (χ3n) is 3.42. The molecule has 0 aliphatic heterocycles. The van der Waals surface area contributed by atoms with Crippen LogP contribution < -0.4 is 15.8 Å². The molecule has 0 amide bonds. The Balaban J connectivity index is 3.04. The van der Waals surface area contributed by atoms with E-state index in [0.29, 0.717) is 6.54 Å². The van der Waals surface area contributed by atoms with Crippen molar-refractivity contribution in [1.29, 1.82) is 0 Å². The highest BCUT2D eigenvalue weighted by Crippen LogP contribution is 2.34. The maximum atomic E-state index is 5.83. The molecular weight excluding hydrogens is 224 g/mol. The summed E-state index contributed by atoms with van der Waals surface area (Å²) < 4.78 is 5.46. The highest BCUT2D eigenvalue weighted by Gasteiger charge is 2.24. The average Bonchev–Trinajstić information content (AvgIpc) is 2.36. The number of rotatable bonds is 6. The molecule has 0 aromatic heterocycles. The van der Waals surface area contributed by atoms with Gasteiger partial charge in [0.25, 0.3) is 0 Å². The average molecular weight is 250 g/mol. The van der Waals surface area contributed by atoms with Crippen molar-refractivity contribution in [3.05, 3.63) is 29.3 Å². The number of nitrogens with two attached hydrogens (primary N) is 1. The first-order valence-electron chi connectivity index (χ1n) is 6.45. The van der Waals surface area contributed by atoms with E-state index in [1.807, 2.05) is 13.1 Å². The van der Waals surface area contributed by atoms with Crippen LogP contribution in [0.1, 0.15) is 37.4 Å². The minimum atomic E-state index is 0.114. The van der Waals surface area contributed by atoms with E-state index in [4.69, 9.17) is 10.5 Å². The minimum absolute atomic E-state index is 0.114. The van der Waals surface area contributed by atoms with Crippen LogP contribution in [0.5, 0.6) is 5.75 Å². The molecule has 1 rings (SSSR count). The molecule has 0 saturated heterocycles. The van der Waals surface area contributed by atoms with Gasteiger partial charge in [0, 0.05) is 11.6 Å². The van der Waals surface area contributed by atoms with Gasteiger partial charge >= 0.3 is 0 Å². The fourth-order valence-electron chi connectivity index (χ4n) is 2.13. The summed E-state index contributed by atoms with van der Waals surface area (Å²) in [6.45, 7) is 7.17. The van der Waals surface area contributed by atoms with E-state index in [1.54, 1.807) is 7.11 Å². The predicted molar refractivity (Wildman–Crippen MR) is 77.0 cm³/mol. The SMILES string of the molecule is CNC(CC(C)(C)CN)c1cc(C)ccc1OC. The van der Waals surface area contributed by atoms with Gasteiger partial charge in [-0.05, 0) is 38.4 Å². The third-order valence-corrected chi connectivity index (χ3v) is 3.42. The summed E-state index contributed by atoms with van der Waals surface area (Å²) >= 11 is 0. The monoisotopic (exact) mass is 250 g/mol. The topological polar surface area (TPSA) is 47.3 Å². The predicted octanol–water partition coefficient (Wildman–Crippen LogP) is 2.64. The smallest absolute Gasteiger partial charge is 0.123 e. The zero-order chi connectivity index (χ0) is 13.8. The van der Waals surface area contributed by atoms with E-state index in [1.165, 1.54) is 11.1 Å². The van der Waals surface area contributed by atoms with Crippen LogP contribution >= 0.6 is 0 Å². The van der Waals surface area contributed by atoms with Gasteiger partial charge in [0.15, 0.2) is 0 Å². The second-order valence-corrected chi connectivity index (χ2v) is 5.66. The second kappa shape index (κ2) is 6.21. The maximum Gasteiger partial charge on any atom is 0.123 e. The van der Waals surface area contributed by atoms with E-state index in [9.17, 15) is 0 Å². The Morgan fingerprint density at radius 1 is 1.39 bits per heavy atom. The molecule has 0 radical (unpaired) electrons. The Morgan fingerprint density at radius 3 is 2.56 bits per heavy atom. The lowest BCUT2D eigenvalue weighted by atomic mass is 9.83. The van der Waals surface area contributed by atoms with Crippen molar-refractivity contribution in [2.45, 2.75) is 33.2 Å². The molecule has 3 N–H and O–H groups in total. The van der Waals surface area contributed by atoms with E-state index in [2.05, 4.69) is 38.2 Å². The van der Waals surface area contributed by atoms with Crippen molar-refractivity contribution >= 4 is 0 Å². The van der Waals surface area contributed by atoms with E-state index >= 15 is 0 Å². The van der Waals surface area contributed by atoms with Gasteiger partial charge in [0.05, 0.1) is 7.11 Å². The Morgan fingerprint density at radius 2 is 2.06 bits per heavy atom. The summed E-state index contributed by atoms with van der Waals surface area (Å²) in [7, 11) is 3.70. The summed E-state index contributed by atoms with van der Waals surface area (Å²) in [6, 6.07) is 6.55. The van der Waals surface area contributed by atoms with Crippen LogP contribution in [-0.4, -0.2) is 20.7 Å². The maximum absolute atomic E-state index is 5.83. The van der Waals surface area contributed by atoms with Crippen molar-refractivity contribution in [2.75, 3.05) is 20.7 Å². The van der Waals surface area contributed by atoms with Gasteiger partial charge in [-0.2, -0.15) is 0 Å². The molecule has 1 atom stereocenters. The number of nitrogens with one attached hydrogen (secondary N) is 1. The van der Waals surface area contributed by atoms with E-state index in [-0.39, 0.29) is 11.5 Å². The van der Waals surface area contributed by atoms with Crippen molar-refractivity contribution in [1.82, 2.24) is 5.32 Å². The number of aryl methyl sites for hydroxylation is 1. The molecule has 3 heteroatoms. The molecule has 1 aromatic carbocycles. The summed E-state index contributed by atoms with van der Waals surface area (Å²) in [6.07, 6.45) is 0.986. The number of ether oxygens (including phenoxy) is 1. The lowest BCUT2D eigenvalue weighted by Crippen LogP contribution is -2.30. The molecule has 0 heterocycles. The third kappa shape index (κ3) is 3.72. The minimum Gasteiger partial charge on any atom is -0.496 e. The van der Waals surface area contributed by atoms with E-state index in [0.717, 1.165) is 12.2 Å². The van der Waals surface area contributed by atoms with Crippen LogP contribution in [-0.2, 0) is 0 Å². The second-order valence-electron chi connectivity index (χ2n) is 5.66. The molecule has 0 saturated carbocycles. The first kappa shape index (κ1) is 15.0. The van der Waals surface area contributed by atoms with Crippen molar-refractivity contribution < 1.29 is 4.74 Å². The molecule has 0 aliphatic carbocycles. The van der Waals surface area contributed by atoms with Crippen LogP contribution in [0.15, 0.2) is 18.2 Å². The highest BCUT2D eigenvalue weighted by atomic mass is 16.5. The van der Waals surface area contributed by atoms with Crippen LogP contribution in [0, 0.1) is 12.3 Å². The van der Waals surface area contributed by atoms with Crippen LogP contribution in [0.25, 0.3) is 0 Å². The normalized spacial score (nSPS) is 13.4. The number of hydrogen-bond donors (Lipinski definition) is 2. The summed E-state index contributed by atoms with van der Waals surface area (Å²) in [5, 5.41) is 3.38. The summed E-state index contributed by atoms with van der Waals surface area (Å²) in [5.74, 6) is 0.938. The molecule has 18 heavy (non-hydrogen) atoms. The van der Waals surface area contributed by atoms with Gasteiger partial charge in [0.1, 0.15) is 5.75 Å². The number of methoxy groups -OCH3 is 1. The van der Waals surface area contributed by atoms with Gasteiger partial charge < -0.3 is 15.8 Å². The molecule has 0 bridgehead atoms. The first-order valence-corrected chi connectivity index (χ1v) is 6.45. The Hall–Kier alpha value is -1.06. The Bertz CT molecular complexity index is 388. The van der Waals surface area contributed by atoms with Gasteiger partial charge in [-0.1, -0.05) is 31.5 Å². The van der Waals surface area contributed by atoms with Crippen LogP contribution in [0.2, 0.25) is 0 Å². The van der Waals surface area contributed by atoms with Crippen LogP contribution in [0.4, 0.5) is 0 Å². The quantitative estimate of drug-likeness (QED) is 0.816. The van der Waals surface area contributed by atoms with Gasteiger partial charge in [-0.15, -0.1) is 0 Å². The van der Waals surface area contributed by atoms with Crippen molar-refractivity contribution in [3.63, 3.8) is 0 Å². The largest absolute Gasteiger partial charge is 0.496 e. The zero-order valence-electron chi connectivity index (χ0n) is 12.2. The molecule has 3 nitrogen and oxygen atoms in total. The Labute approximate surface area is 111 Å². The van der Waals surface area contributed by atoms with Gasteiger partial charge in [-0.3, -0.25) is 0 Å². The lowest BCUT2D eigenvalue weighted by molar-refractivity contribution is 0.293. The van der Waals surface area contributed by atoms with Gasteiger partial charge in [-0.25, -0.2) is 0 Å². The fourth-order valence-corrected chi connectivity index (χ4v) is 2.13. The van der Waals surface area contributed by atoms with E-state index < -0.39 is 0 Å². The molecule has 1 aromatic rings. The molecule has 0 fully saturated rings. The summed E-state index contributed by atoms with van der Waals surface area (Å²) in [4.78, 5) is 0. The molecule has 1 unspecified atom stereocenters. The Kier molecular flexibility index (Phi) is 5.17.